The first kappa shape index (κ1) is 13.4. The molecule has 0 aliphatic heterocycles. The van der Waals surface area contributed by atoms with Crippen LogP contribution < -0.4 is 5.56 Å². The van der Waals surface area contributed by atoms with E-state index in [0.29, 0.717) is 16.3 Å². The fourth-order valence-corrected chi connectivity index (χ4v) is 3.88. The van der Waals surface area contributed by atoms with Gasteiger partial charge in [-0.2, -0.15) is 0 Å². The van der Waals surface area contributed by atoms with E-state index in [9.17, 15) is 4.79 Å². The SMILES string of the molecule is Cc1noc(C)c1CSc1nc2sccc2c(=O)n1C. The third kappa shape index (κ3) is 2.16. The highest BCUT2D eigenvalue weighted by molar-refractivity contribution is 7.98. The highest BCUT2D eigenvalue weighted by atomic mass is 32.2. The number of thioether (sulfide) groups is 1. The molecule has 0 fully saturated rings. The van der Waals surface area contributed by atoms with E-state index in [1.54, 1.807) is 11.6 Å². The summed E-state index contributed by atoms with van der Waals surface area (Å²) in [6.07, 6.45) is 0. The van der Waals surface area contributed by atoms with E-state index in [2.05, 4.69) is 10.1 Å². The monoisotopic (exact) mass is 307 g/mol. The predicted molar refractivity (Wildman–Crippen MR) is 80.4 cm³/mol. The van der Waals surface area contributed by atoms with Crippen molar-refractivity contribution in [3.05, 3.63) is 38.8 Å². The lowest BCUT2D eigenvalue weighted by atomic mass is 10.2. The number of fused-ring (bicyclic) bond motifs is 1. The Balaban J connectivity index is 1.95. The zero-order chi connectivity index (χ0) is 14.3. The molecule has 0 aliphatic rings. The van der Waals surface area contributed by atoms with Crippen molar-refractivity contribution in [1.82, 2.24) is 14.7 Å². The van der Waals surface area contributed by atoms with Crippen molar-refractivity contribution in [3.8, 4) is 0 Å². The minimum absolute atomic E-state index is 0.00230. The Hall–Kier alpha value is -1.60. The molecule has 0 unspecified atom stereocenters. The van der Waals surface area contributed by atoms with Gasteiger partial charge in [0.15, 0.2) is 5.16 Å². The van der Waals surface area contributed by atoms with E-state index in [1.165, 1.54) is 23.1 Å². The average molecular weight is 307 g/mol. The van der Waals surface area contributed by atoms with Crippen LogP contribution in [0.25, 0.3) is 10.2 Å². The van der Waals surface area contributed by atoms with E-state index in [0.717, 1.165) is 21.8 Å². The second-order valence-corrected chi connectivity index (χ2v) is 6.33. The van der Waals surface area contributed by atoms with Crippen molar-refractivity contribution in [2.75, 3.05) is 0 Å². The van der Waals surface area contributed by atoms with Crippen molar-refractivity contribution < 1.29 is 4.52 Å². The minimum atomic E-state index is -0.00230. The summed E-state index contributed by atoms with van der Waals surface area (Å²) in [5.74, 6) is 1.51. The smallest absolute Gasteiger partial charge is 0.262 e. The Morgan fingerprint density at radius 2 is 2.25 bits per heavy atom. The van der Waals surface area contributed by atoms with Crippen molar-refractivity contribution in [2.45, 2.75) is 24.8 Å². The van der Waals surface area contributed by atoms with Gasteiger partial charge in [0, 0.05) is 18.4 Å². The Morgan fingerprint density at radius 3 is 2.95 bits per heavy atom. The summed E-state index contributed by atoms with van der Waals surface area (Å²) >= 11 is 3.01. The zero-order valence-electron chi connectivity index (χ0n) is 11.3. The van der Waals surface area contributed by atoms with Gasteiger partial charge in [-0.3, -0.25) is 9.36 Å². The lowest BCUT2D eigenvalue weighted by Gasteiger charge is -2.06. The number of aryl methyl sites for hydroxylation is 2. The maximum absolute atomic E-state index is 12.2. The first-order valence-corrected chi connectivity index (χ1v) is 7.93. The van der Waals surface area contributed by atoms with Gasteiger partial charge in [-0.1, -0.05) is 16.9 Å². The molecule has 7 heteroatoms. The summed E-state index contributed by atoms with van der Waals surface area (Å²) < 4.78 is 6.74. The van der Waals surface area contributed by atoms with Crippen LogP contribution in [0.2, 0.25) is 0 Å². The third-order valence-electron chi connectivity index (χ3n) is 3.19. The number of thiophene rings is 1. The molecular weight excluding hydrogens is 294 g/mol. The van der Waals surface area contributed by atoms with Gasteiger partial charge >= 0.3 is 0 Å². The van der Waals surface area contributed by atoms with Crippen LogP contribution in [-0.4, -0.2) is 14.7 Å². The van der Waals surface area contributed by atoms with Crippen LogP contribution in [0, 0.1) is 13.8 Å². The first-order chi connectivity index (χ1) is 9.58. The molecule has 0 saturated carbocycles. The molecule has 3 heterocycles. The first-order valence-electron chi connectivity index (χ1n) is 6.06. The van der Waals surface area contributed by atoms with E-state index < -0.39 is 0 Å². The van der Waals surface area contributed by atoms with Crippen molar-refractivity contribution in [1.29, 1.82) is 0 Å². The molecule has 0 saturated heterocycles. The van der Waals surface area contributed by atoms with Gasteiger partial charge in [0.05, 0.1) is 11.1 Å². The van der Waals surface area contributed by atoms with Gasteiger partial charge in [0.2, 0.25) is 0 Å². The van der Waals surface area contributed by atoms with E-state index in [4.69, 9.17) is 4.52 Å². The summed E-state index contributed by atoms with van der Waals surface area (Å²) in [5, 5.41) is 7.22. The summed E-state index contributed by atoms with van der Waals surface area (Å²) in [4.78, 5) is 17.5. The normalized spacial score (nSPS) is 11.3. The highest BCUT2D eigenvalue weighted by Crippen LogP contribution is 2.26. The van der Waals surface area contributed by atoms with Crippen molar-refractivity contribution in [2.24, 2.45) is 7.05 Å². The predicted octanol–water partition coefficient (Wildman–Crippen LogP) is 2.89. The van der Waals surface area contributed by atoms with E-state index >= 15 is 0 Å². The fraction of sp³-hybridized carbons (Fsp3) is 0.308. The summed E-state index contributed by atoms with van der Waals surface area (Å²) in [5.41, 5.74) is 1.95. The van der Waals surface area contributed by atoms with Gasteiger partial charge in [-0.15, -0.1) is 11.3 Å². The van der Waals surface area contributed by atoms with Gasteiger partial charge in [0.25, 0.3) is 5.56 Å². The molecular formula is C13H13N3O2S2. The molecule has 3 rings (SSSR count). The molecule has 0 aromatic carbocycles. The van der Waals surface area contributed by atoms with Crippen LogP contribution in [0.1, 0.15) is 17.0 Å². The molecule has 0 N–H and O–H groups in total. The van der Waals surface area contributed by atoms with Crippen LogP contribution in [0.4, 0.5) is 0 Å². The summed E-state index contributed by atoms with van der Waals surface area (Å²) in [6.45, 7) is 3.81. The lowest BCUT2D eigenvalue weighted by molar-refractivity contribution is 0.392. The lowest BCUT2D eigenvalue weighted by Crippen LogP contribution is -2.19. The summed E-state index contributed by atoms with van der Waals surface area (Å²) in [6, 6.07) is 1.82. The molecule has 0 atom stereocenters. The van der Waals surface area contributed by atoms with Crippen LogP contribution in [-0.2, 0) is 12.8 Å². The molecule has 0 aliphatic carbocycles. The molecule has 5 nitrogen and oxygen atoms in total. The van der Waals surface area contributed by atoms with Crippen LogP contribution >= 0.6 is 23.1 Å². The molecule has 104 valence electrons. The molecule has 0 bridgehead atoms. The van der Waals surface area contributed by atoms with E-state index in [-0.39, 0.29) is 5.56 Å². The van der Waals surface area contributed by atoms with Crippen LogP contribution in [0.5, 0.6) is 0 Å². The number of hydrogen-bond acceptors (Lipinski definition) is 6. The maximum atomic E-state index is 12.2. The van der Waals surface area contributed by atoms with Crippen molar-refractivity contribution in [3.63, 3.8) is 0 Å². The van der Waals surface area contributed by atoms with Crippen LogP contribution in [0.3, 0.4) is 0 Å². The Bertz CT molecular complexity index is 812. The highest BCUT2D eigenvalue weighted by Gasteiger charge is 2.13. The zero-order valence-corrected chi connectivity index (χ0v) is 13.0. The summed E-state index contributed by atoms with van der Waals surface area (Å²) in [7, 11) is 1.75. The number of aromatic nitrogens is 3. The maximum Gasteiger partial charge on any atom is 0.262 e. The molecule has 0 amide bonds. The third-order valence-corrected chi connectivity index (χ3v) is 5.05. The number of nitrogens with zero attached hydrogens (tertiary/aromatic N) is 3. The standard InChI is InChI=1S/C13H13N3O2S2/c1-7-10(8(2)18-15-7)6-20-13-14-11-9(4-5-19-11)12(17)16(13)3/h4-5H,6H2,1-3H3. The number of hydrogen-bond donors (Lipinski definition) is 0. The Kier molecular flexibility index (Phi) is 3.39. The quantitative estimate of drug-likeness (QED) is 0.550. The number of rotatable bonds is 3. The fourth-order valence-electron chi connectivity index (χ4n) is 1.95. The molecule has 20 heavy (non-hydrogen) atoms. The van der Waals surface area contributed by atoms with Gasteiger partial charge in [-0.05, 0) is 25.3 Å². The average Bonchev–Trinajstić information content (AvgIpc) is 3.01. The van der Waals surface area contributed by atoms with E-state index in [1.807, 2.05) is 25.3 Å². The Morgan fingerprint density at radius 1 is 1.45 bits per heavy atom. The van der Waals surface area contributed by atoms with Gasteiger partial charge in [-0.25, -0.2) is 4.98 Å². The van der Waals surface area contributed by atoms with Crippen molar-refractivity contribution >= 4 is 33.3 Å². The van der Waals surface area contributed by atoms with Crippen LogP contribution in [0.15, 0.2) is 25.9 Å². The Labute approximate surface area is 123 Å². The topological polar surface area (TPSA) is 60.9 Å². The minimum Gasteiger partial charge on any atom is -0.361 e. The van der Waals surface area contributed by atoms with Gasteiger partial charge < -0.3 is 4.52 Å². The second kappa shape index (κ2) is 5.06. The van der Waals surface area contributed by atoms with Gasteiger partial charge in [0.1, 0.15) is 10.6 Å². The molecule has 3 aromatic rings. The molecule has 0 radical (unpaired) electrons. The second-order valence-electron chi connectivity index (χ2n) is 4.49. The molecule has 3 aromatic heterocycles. The molecule has 0 spiro atoms. The largest absolute Gasteiger partial charge is 0.361 e.